The Bertz CT molecular complexity index is 1210. The number of fused-ring (bicyclic) bond motifs is 1. The Kier molecular flexibility index (Phi) is 8.10. The van der Waals surface area contributed by atoms with E-state index in [9.17, 15) is 13.2 Å². The highest BCUT2D eigenvalue weighted by atomic mass is 32.2. The van der Waals surface area contributed by atoms with Crippen LogP contribution >= 0.6 is 11.3 Å². The summed E-state index contributed by atoms with van der Waals surface area (Å²) in [5.41, 5.74) is 1.05. The Morgan fingerprint density at radius 3 is 2.39 bits per heavy atom. The number of para-hydroxylation sites is 1. The molecule has 0 fully saturated rings. The van der Waals surface area contributed by atoms with Crippen LogP contribution in [0.2, 0.25) is 0 Å². The zero-order chi connectivity index (χ0) is 24.2. The van der Waals surface area contributed by atoms with E-state index in [2.05, 4.69) is 10.3 Å². The van der Waals surface area contributed by atoms with Gasteiger partial charge in [0.25, 0.3) is 5.91 Å². The summed E-state index contributed by atoms with van der Waals surface area (Å²) in [5.74, 6) is 0.604. The molecule has 0 saturated heterocycles. The summed E-state index contributed by atoms with van der Waals surface area (Å²) in [6.07, 6.45) is 0. The van der Waals surface area contributed by atoms with Gasteiger partial charge in [0.1, 0.15) is 5.75 Å². The minimum atomic E-state index is -3.64. The second kappa shape index (κ2) is 10.6. The average molecular weight is 490 g/mol. The molecule has 3 aromatic rings. The van der Waals surface area contributed by atoms with Crippen molar-refractivity contribution in [1.82, 2.24) is 9.29 Å². The van der Waals surface area contributed by atoms with Gasteiger partial charge in [0, 0.05) is 13.1 Å². The van der Waals surface area contributed by atoms with Crippen molar-refractivity contribution in [2.75, 3.05) is 25.0 Å². The van der Waals surface area contributed by atoms with Crippen LogP contribution in [0.3, 0.4) is 0 Å². The maximum absolute atomic E-state index is 13.3. The molecule has 7 nitrogen and oxygen atoms in total. The zero-order valence-corrected chi connectivity index (χ0v) is 21.3. The van der Waals surface area contributed by atoms with Crippen LogP contribution in [0.5, 0.6) is 5.75 Å². The number of hydrogen-bond donors (Lipinski definition) is 1. The fourth-order valence-electron chi connectivity index (χ4n) is 3.45. The molecule has 1 N–H and O–H groups in total. The minimum Gasteiger partial charge on any atom is -0.493 e. The summed E-state index contributed by atoms with van der Waals surface area (Å²) in [6, 6.07) is 11.9. The molecule has 1 aromatic heterocycles. The van der Waals surface area contributed by atoms with Crippen LogP contribution in [0.25, 0.3) is 10.2 Å². The highest BCUT2D eigenvalue weighted by Crippen LogP contribution is 2.30. The van der Waals surface area contributed by atoms with Gasteiger partial charge in [-0.15, -0.1) is 0 Å². The van der Waals surface area contributed by atoms with Crippen LogP contribution in [0, 0.1) is 11.8 Å². The highest BCUT2D eigenvalue weighted by molar-refractivity contribution is 7.89. The molecule has 0 aliphatic rings. The number of hydrogen-bond acceptors (Lipinski definition) is 6. The van der Waals surface area contributed by atoms with E-state index in [-0.39, 0.29) is 22.6 Å². The minimum absolute atomic E-state index is 0.215. The molecule has 0 aliphatic heterocycles. The van der Waals surface area contributed by atoms with E-state index in [1.54, 1.807) is 40.7 Å². The molecule has 0 aliphatic carbocycles. The first-order valence-corrected chi connectivity index (χ1v) is 13.3. The van der Waals surface area contributed by atoms with Crippen LogP contribution in [-0.2, 0) is 10.0 Å². The average Bonchev–Trinajstić information content (AvgIpc) is 3.14. The Balaban J connectivity index is 1.88. The second-order valence-corrected chi connectivity index (χ2v) is 11.6. The molecule has 0 atom stereocenters. The lowest BCUT2D eigenvalue weighted by molar-refractivity contribution is 0.102. The van der Waals surface area contributed by atoms with Gasteiger partial charge in [-0.3, -0.25) is 10.1 Å². The first-order valence-electron chi connectivity index (χ1n) is 11.1. The number of rotatable bonds is 10. The van der Waals surface area contributed by atoms with Crippen LogP contribution < -0.4 is 10.1 Å². The number of amides is 1. The van der Waals surface area contributed by atoms with E-state index in [1.165, 1.54) is 11.3 Å². The number of sulfonamides is 1. The number of nitrogens with one attached hydrogen (secondary N) is 1. The van der Waals surface area contributed by atoms with Crippen LogP contribution in [0.4, 0.5) is 5.13 Å². The predicted molar refractivity (Wildman–Crippen MR) is 134 cm³/mol. The Hall–Kier alpha value is -2.49. The Morgan fingerprint density at radius 2 is 1.76 bits per heavy atom. The van der Waals surface area contributed by atoms with E-state index < -0.39 is 10.0 Å². The number of ether oxygens (including phenoxy) is 1. The summed E-state index contributed by atoms with van der Waals surface area (Å²) in [5, 5.41) is 3.21. The standard InChI is InChI=1S/C24H31N3O4S2/c1-6-31-21-10-8-7-9-19(21)23(28)26-24-25-20-12-11-18(13-22(20)32-24)33(29,30)27(14-16(2)3)15-17(4)5/h7-13,16-17H,6,14-15H2,1-5H3,(H,25,26,28). The molecule has 0 unspecified atom stereocenters. The van der Waals surface area contributed by atoms with Gasteiger partial charge in [0.15, 0.2) is 5.13 Å². The fraction of sp³-hybridized carbons (Fsp3) is 0.417. The quantitative estimate of drug-likeness (QED) is 0.420. The van der Waals surface area contributed by atoms with Crippen LogP contribution in [0.1, 0.15) is 45.0 Å². The molecule has 0 spiro atoms. The lowest BCUT2D eigenvalue weighted by Gasteiger charge is -2.25. The second-order valence-electron chi connectivity index (χ2n) is 8.64. The van der Waals surface area contributed by atoms with Gasteiger partial charge in [0.2, 0.25) is 10.0 Å². The molecule has 33 heavy (non-hydrogen) atoms. The van der Waals surface area contributed by atoms with Gasteiger partial charge in [-0.25, -0.2) is 13.4 Å². The molecule has 2 aromatic carbocycles. The number of anilines is 1. The molecule has 178 valence electrons. The summed E-state index contributed by atoms with van der Waals surface area (Å²) < 4.78 is 34.5. The van der Waals surface area contributed by atoms with E-state index in [0.717, 1.165) is 0 Å². The van der Waals surface area contributed by atoms with E-state index in [1.807, 2.05) is 40.7 Å². The number of carbonyl (C=O) groups is 1. The summed E-state index contributed by atoms with van der Waals surface area (Å²) >= 11 is 1.24. The van der Waals surface area contributed by atoms with Crippen molar-refractivity contribution in [3.63, 3.8) is 0 Å². The lowest BCUT2D eigenvalue weighted by Crippen LogP contribution is -2.37. The highest BCUT2D eigenvalue weighted by Gasteiger charge is 2.26. The molecule has 0 bridgehead atoms. The third kappa shape index (κ3) is 6.10. The van der Waals surface area contributed by atoms with Gasteiger partial charge < -0.3 is 4.74 Å². The summed E-state index contributed by atoms with van der Waals surface area (Å²) in [4.78, 5) is 17.5. The number of carbonyl (C=O) groups excluding carboxylic acids is 1. The maximum atomic E-state index is 13.3. The van der Waals surface area contributed by atoms with E-state index >= 15 is 0 Å². The van der Waals surface area contributed by atoms with E-state index in [4.69, 9.17) is 4.74 Å². The normalized spacial score (nSPS) is 12.1. The largest absolute Gasteiger partial charge is 0.493 e. The van der Waals surface area contributed by atoms with Crippen molar-refractivity contribution in [3.8, 4) is 5.75 Å². The monoisotopic (exact) mass is 489 g/mol. The van der Waals surface area contributed by atoms with Gasteiger partial charge in [-0.2, -0.15) is 4.31 Å². The maximum Gasteiger partial charge on any atom is 0.261 e. The first kappa shape index (κ1) is 25.1. The van der Waals surface area contributed by atoms with Crippen molar-refractivity contribution in [2.24, 2.45) is 11.8 Å². The van der Waals surface area contributed by atoms with Crippen molar-refractivity contribution in [2.45, 2.75) is 39.5 Å². The van der Waals surface area contributed by atoms with E-state index in [0.29, 0.717) is 46.4 Å². The lowest BCUT2D eigenvalue weighted by atomic mass is 10.2. The first-order chi connectivity index (χ1) is 15.6. The molecule has 0 radical (unpaired) electrons. The Labute approximate surface area is 199 Å². The van der Waals surface area contributed by atoms with Gasteiger partial charge in [0.05, 0.1) is 27.3 Å². The van der Waals surface area contributed by atoms with Gasteiger partial charge in [-0.05, 0) is 49.1 Å². The molecule has 1 amide bonds. The van der Waals surface area contributed by atoms with Crippen molar-refractivity contribution < 1.29 is 17.9 Å². The van der Waals surface area contributed by atoms with Crippen molar-refractivity contribution in [1.29, 1.82) is 0 Å². The number of nitrogens with zero attached hydrogens (tertiary/aromatic N) is 2. The third-order valence-corrected chi connectivity index (χ3v) is 7.55. The molecular weight excluding hydrogens is 458 g/mol. The summed E-state index contributed by atoms with van der Waals surface area (Å²) in [7, 11) is -3.64. The molecular formula is C24H31N3O4S2. The van der Waals surface area contributed by atoms with Crippen LogP contribution in [-0.4, -0.2) is 43.3 Å². The predicted octanol–water partition coefficient (Wildman–Crippen LogP) is 5.25. The smallest absolute Gasteiger partial charge is 0.261 e. The third-order valence-electron chi connectivity index (χ3n) is 4.79. The van der Waals surface area contributed by atoms with Gasteiger partial charge >= 0.3 is 0 Å². The molecule has 9 heteroatoms. The van der Waals surface area contributed by atoms with Crippen LogP contribution in [0.15, 0.2) is 47.4 Å². The Morgan fingerprint density at radius 1 is 1.09 bits per heavy atom. The van der Waals surface area contributed by atoms with Gasteiger partial charge in [-0.1, -0.05) is 51.2 Å². The fourth-order valence-corrected chi connectivity index (χ4v) is 6.22. The SMILES string of the molecule is CCOc1ccccc1C(=O)Nc1nc2ccc(S(=O)(=O)N(CC(C)C)CC(C)C)cc2s1. The van der Waals surface area contributed by atoms with Crippen molar-refractivity contribution >= 4 is 42.6 Å². The van der Waals surface area contributed by atoms with Crippen molar-refractivity contribution in [3.05, 3.63) is 48.0 Å². The molecule has 1 heterocycles. The topological polar surface area (TPSA) is 88.6 Å². The molecule has 0 saturated carbocycles. The number of thiazole rings is 1. The number of aromatic nitrogens is 1. The number of benzene rings is 2. The summed E-state index contributed by atoms with van der Waals surface area (Å²) in [6.45, 7) is 11.3. The zero-order valence-electron chi connectivity index (χ0n) is 19.7. The molecule has 3 rings (SSSR count).